The summed E-state index contributed by atoms with van der Waals surface area (Å²) in [4.78, 5) is 30.9. The van der Waals surface area contributed by atoms with Crippen molar-refractivity contribution in [2.24, 2.45) is 0 Å². The minimum absolute atomic E-state index is 0.0509. The highest BCUT2D eigenvalue weighted by Crippen LogP contribution is 2.29. The number of nitrogens with zero attached hydrogens (tertiary/aromatic N) is 4. The number of hydrogen-bond acceptors (Lipinski definition) is 3. The van der Waals surface area contributed by atoms with E-state index in [9.17, 15) is 9.59 Å². The van der Waals surface area contributed by atoms with Gasteiger partial charge in [0.05, 0.1) is 5.69 Å². The molecule has 0 radical (unpaired) electrons. The highest BCUT2D eigenvalue weighted by atomic mass is 16.2. The van der Waals surface area contributed by atoms with Gasteiger partial charge in [-0.25, -0.2) is 4.68 Å². The lowest BCUT2D eigenvalue weighted by atomic mass is 9.99. The number of carbonyl (C=O) groups is 2. The van der Waals surface area contributed by atoms with E-state index in [1.807, 2.05) is 44.8 Å². The number of likely N-dealkylation sites (tertiary alicyclic amines) is 2. The zero-order chi connectivity index (χ0) is 21.2. The van der Waals surface area contributed by atoms with E-state index in [1.165, 1.54) is 12.1 Å². The molecule has 1 aromatic carbocycles. The lowest BCUT2D eigenvalue weighted by Gasteiger charge is -2.36. The Morgan fingerprint density at radius 2 is 1.58 bits per heavy atom. The Balaban J connectivity index is 1.50. The van der Waals surface area contributed by atoms with Crippen molar-refractivity contribution in [1.29, 1.82) is 0 Å². The van der Waals surface area contributed by atoms with E-state index in [-0.39, 0.29) is 17.9 Å². The third-order valence-corrected chi connectivity index (χ3v) is 7.10. The molecule has 6 nitrogen and oxygen atoms in total. The van der Waals surface area contributed by atoms with E-state index in [1.54, 1.807) is 0 Å². The molecule has 164 valence electrons. The van der Waals surface area contributed by atoms with Crippen LogP contribution >= 0.6 is 0 Å². The van der Waals surface area contributed by atoms with Crippen molar-refractivity contribution in [3.8, 4) is 5.69 Å². The predicted molar refractivity (Wildman–Crippen MR) is 119 cm³/mol. The summed E-state index contributed by atoms with van der Waals surface area (Å²) >= 11 is 0. The second-order valence-corrected chi connectivity index (χ2v) is 9.12. The van der Waals surface area contributed by atoms with Crippen LogP contribution in [0.3, 0.4) is 0 Å². The molecule has 6 heteroatoms. The van der Waals surface area contributed by atoms with E-state index in [2.05, 4.69) is 0 Å². The van der Waals surface area contributed by atoms with Gasteiger partial charge in [0.1, 0.15) is 6.04 Å². The molecular formula is C25H32N4O2. The molecule has 2 aromatic rings. The maximum absolute atomic E-state index is 13.8. The van der Waals surface area contributed by atoms with Crippen LogP contribution in [0.25, 0.3) is 5.69 Å². The summed E-state index contributed by atoms with van der Waals surface area (Å²) in [6.45, 7) is 2.31. The molecule has 0 N–H and O–H groups in total. The molecule has 3 aliphatic rings. The molecule has 2 fully saturated rings. The Morgan fingerprint density at radius 1 is 0.839 bits per heavy atom. The van der Waals surface area contributed by atoms with Gasteiger partial charge in [-0.05, 0) is 69.9 Å². The van der Waals surface area contributed by atoms with Crippen LogP contribution in [-0.2, 0) is 17.6 Å². The summed E-state index contributed by atoms with van der Waals surface area (Å²) < 4.78 is 1.98. The van der Waals surface area contributed by atoms with Crippen molar-refractivity contribution in [2.75, 3.05) is 19.6 Å². The molecule has 0 bridgehead atoms. The average molecular weight is 421 g/mol. The van der Waals surface area contributed by atoms with Crippen LogP contribution in [0.2, 0.25) is 0 Å². The second kappa shape index (κ2) is 8.85. The highest BCUT2D eigenvalue weighted by molar-refractivity contribution is 5.97. The molecule has 2 aliphatic heterocycles. The van der Waals surface area contributed by atoms with Crippen molar-refractivity contribution >= 4 is 11.8 Å². The quantitative estimate of drug-likeness (QED) is 0.711. The fourth-order valence-electron chi connectivity index (χ4n) is 5.45. The third-order valence-electron chi connectivity index (χ3n) is 7.10. The number of piperidine rings is 1. The summed E-state index contributed by atoms with van der Waals surface area (Å²) in [5, 5.41) is 4.87. The number of benzene rings is 1. The predicted octanol–water partition coefficient (Wildman–Crippen LogP) is 3.76. The van der Waals surface area contributed by atoms with Gasteiger partial charge in [-0.3, -0.25) is 9.59 Å². The summed E-state index contributed by atoms with van der Waals surface area (Å²) in [5.74, 6) is 0.0872. The summed E-state index contributed by atoms with van der Waals surface area (Å²) in [5.41, 5.74) is 3.85. The Labute approximate surface area is 184 Å². The van der Waals surface area contributed by atoms with Crippen molar-refractivity contribution in [3.05, 3.63) is 47.3 Å². The Bertz CT molecular complexity index is 946. The molecule has 1 atom stereocenters. The largest absolute Gasteiger partial charge is 0.341 e. The monoisotopic (exact) mass is 420 g/mol. The minimum atomic E-state index is -0.331. The summed E-state index contributed by atoms with van der Waals surface area (Å²) in [6.07, 6.45) is 10.1. The van der Waals surface area contributed by atoms with E-state index >= 15 is 0 Å². The Kier molecular flexibility index (Phi) is 5.79. The first-order chi connectivity index (χ1) is 15.2. The first-order valence-electron chi connectivity index (χ1n) is 12.0. The van der Waals surface area contributed by atoms with E-state index in [0.717, 1.165) is 82.1 Å². The average Bonchev–Trinajstić information content (AvgIpc) is 3.41. The van der Waals surface area contributed by atoms with Gasteiger partial charge < -0.3 is 9.80 Å². The number of aromatic nitrogens is 2. The number of carbonyl (C=O) groups excluding carboxylic acids is 2. The van der Waals surface area contributed by atoms with Gasteiger partial charge in [0.25, 0.3) is 5.91 Å². The van der Waals surface area contributed by atoms with Crippen LogP contribution in [0, 0.1) is 0 Å². The fraction of sp³-hybridized carbons (Fsp3) is 0.560. The van der Waals surface area contributed by atoms with Crippen LogP contribution in [0.15, 0.2) is 30.3 Å². The Morgan fingerprint density at radius 3 is 2.39 bits per heavy atom. The number of para-hydroxylation sites is 1. The van der Waals surface area contributed by atoms with Crippen LogP contribution < -0.4 is 0 Å². The first kappa shape index (κ1) is 20.3. The fourth-order valence-corrected chi connectivity index (χ4v) is 5.45. The third kappa shape index (κ3) is 3.88. The maximum atomic E-state index is 13.8. The van der Waals surface area contributed by atoms with Crippen molar-refractivity contribution in [3.63, 3.8) is 0 Å². The van der Waals surface area contributed by atoms with Gasteiger partial charge in [0, 0.05) is 30.9 Å². The molecule has 31 heavy (non-hydrogen) atoms. The van der Waals surface area contributed by atoms with E-state index in [4.69, 9.17) is 5.10 Å². The number of hydrogen-bond donors (Lipinski definition) is 0. The smallest absolute Gasteiger partial charge is 0.275 e. The van der Waals surface area contributed by atoms with Gasteiger partial charge in [-0.1, -0.05) is 24.6 Å². The molecule has 1 aromatic heterocycles. The molecule has 1 unspecified atom stereocenters. The number of rotatable bonds is 3. The van der Waals surface area contributed by atoms with Crippen LogP contribution in [0.1, 0.15) is 73.1 Å². The molecule has 2 saturated heterocycles. The zero-order valence-electron chi connectivity index (χ0n) is 18.3. The standard InChI is InChI=1S/C25H32N4O2/c30-24(27-16-9-10-17-27)22-15-7-8-18-28(22)25(31)23-20-13-5-2-6-14-21(20)29(26-23)19-11-3-1-4-12-19/h1,3-4,11-12,22H,2,5-10,13-18H2. The zero-order valence-corrected chi connectivity index (χ0v) is 18.3. The van der Waals surface area contributed by atoms with Crippen molar-refractivity contribution in [2.45, 2.75) is 70.3 Å². The molecule has 0 saturated carbocycles. The van der Waals surface area contributed by atoms with Crippen LogP contribution in [-0.4, -0.2) is 57.1 Å². The van der Waals surface area contributed by atoms with E-state index < -0.39 is 0 Å². The van der Waals surface area contributed by atoms with Gasteiger partial charge in [-0.2, -0.15) is 5.10 Å². The molecule has 3 heterocycles. The van der Waals surface area contributed by atoms with Gasteiger partial charge in [-0.15, -0.1) is 0 Å². The first-order valence-corrected chi connectivity index (χ1v) is 12.0. The number of amides is 2. The lowest BCUT2D eigenvalue weighted by molar-refractivity contribution is -0.136. The summed E-state index contributed by atoms with van der Waals surface area (Å²) in [6, 6.07) is 9.79. The van der Waals surface area contributed by atoms with Crippen LogP contribution in [0.5, 0.6) is 0 Å². The lowest BCUT2D eigenvalue weighted by Crippen LogP contribution is -2.52. The van der Waals surface area contributed by atoms with Gasteiger partial charge in [0.2, 0.25) is 5.91 Å². The van der Waals surface area contributed by atoms with Gasteiger partial charge in [0.15, 0.2) is 5.69 Å². The molecule has 0 spiro atoms. The molecule has 2 amide bonds. The normalized spacial score (nSPS) is 21.6. The van der Waals surface area contributed by atoms with E-state index in [0.29, 0.717) is 12.2 Å². The highest BCUT2D eigenvalue weighted by Gasteiger charge is 2.38. The van der Waals surface area contributed by atoms with Gasteiger partial charge >= 0.3 is 0 Å². The second-order valence-electron chi connectivity index (χ2n) is 9.12. The molecule has 5 rings (SSSR count). The van der Waals surface area contributed by atoms with Crippen molar-refractivity contribution < 1.29 is 9.59 Å². The van der Waals surface area contributed by atoms with Crippen LogP contribution in [0.4, 0.5) is 0 Å². The molecular weight excluding hydrogens is 388 g/mol. The maximum Gasteiger partial charge on any atom is 0.275 e. The Hall–Kier alpha value is -2.63. The minimum Gasteiger partial charge on any atom is -0.341 e. The SMILES string of the molecule is O=C(C1CCCCN1C(=O)c1nn(-c2ccccc2)c2c1CCCCC2)N1CCCC1. The topological polar surface area (TPSA) is 58.4 Å². The molecule has 1 aliphatic carbocycles. The summed E-state index contributed by atoms with van der Waals surface area (Å²) in [7, 11) is 0. The number of fused-ring (bicyclic) bond motifs is 1. The van der Waals surface area contributed by atoms with Crippen molar-refractivity contribution in [1.82, 2.24) is 19.6 Å².